The summed E-state index contributed by atoms with van der Waals surface area (Å²) in [5.41, 5.74) is 0. The maximum atomic E-state index is 6.53. The molecule has 0 amide bonds. The number of methoxy groups -OCH3 is 1. The van der Waals surface area contributed by atoms with Crippen LogP contribution >= 0.6 is 0 Å². The summed E-state index contributed by atoms with van der Waals surface area (Å²) >= 11 is 0. The van der Waals surface area contributed by atoms with E-state index in [4.69, 9.17) is 10.1 Å². The van der Waals surface area contributed by atoms with Crippen LogP contribution in [0.3, 0.4) is 0 Å². The van der Waals surface area contributed by atoms with Crippen molar-refractivity contribution in [3.05, 3.63) is 0 Å². The van der Waals surface area contributed by atoms with Gasteiger partial charge in [0.1, 0.15) is 0 Å². The Balaban J connectivity index is -0.000000152. The van der Waals surface area contributed by atoms with Gasteiger partial charge >= 0.3 is 0 Å². The molecule has 0 aromatic carbocycles. The van der Waals surface area contributed by atoms with Crippen LogP contribution in [-0.4, -0.2) is 45.5 Å². The fraction of sp³-hybridized carbons (Fsp3) is 0.909. The summed E-state index contributed by atoms with van der Waals surface area (Å²) < 4.78 is 4.81. The summed E-state index contributed by atoms with van der Waals surface area (Å²) in [6.07, 6.45) is 1.42. The van der Waals surface area contributed by atoms with Crippen LogP contribution in [-0.2, 0) is 4.74 Å². The van der Waals surface area contributed by atoms with Crippen molar-refractivity contribution in [2.45, 2.75) is 27.7 Å². The number of nitrogens with zero attached hydrogens (tertiary/aromatic N) is 1. The van der Waals surface area contributed by atoms with Crippen LogP contribution in [0.5, 0.6) is 0 Å². The summed E-state index contributed by atoms with van der Waals surface area (Å²) in [4.78, 5) is 2.09. The van der Waals surface area contributed by atoms with Crippen molar-refractivity contribution >= 4 is 6.21 Å². The Morgan fingerprint density at radius 2 is 1.64 bits per heavy atom. The normalized spacial score (nSPS) is 8.64. The maximum absolute atomic E-state index is 6.53. The second-order valence-electron chi connectivity index (χ2n) is 3.21. The van der Waals surface area contributed by atoms with Crippen LogP contribution in [0.25, 0.3) is 0 Å². The SMILES string of the molecule is CC.CC(C)C=N.COCCN(C)C. The summed E-state index contributed by atoms with van der Waals surface area (Å²) in [6, 6.07) is 0. The molecule has 0 radical (unpaired) electrons. The van der Waals surface area contributed by atoms with Gasteiger partial charge in [-0.15, -0.1) is 0 Å². The largest absolute Gasteiger partial charge is 0.383 e. The van der Waals surface area contributed by atoms with Crippen molar-refractivity contribution in [2.24, 2.45) is 5.92 Å². The van der Waals surface area contributed by atoms with Gasteiger partial charge in [-0.05, 0) is 26.2 Å². The molecular weight excluding hydrogens is 176 g/mol. The monoisotopic (exact) mass is 204 g/mol. The molecule has 0 saturated heterocycles. The Bertz CT molecular complexity index is 93.3. The smallest absolute Gasteiger partial charge is 0.0589 e. The molecule has 0 unspecified atom stereocenters. The van der Waals surface area contributed by atoms with Gasteiger partial charge < -0.3 is 15.0 Å². The summed E-state index contributed by atoms with van der Waals surface area (Å²) in [7, 11) is 5.77. The zero-order valence-electron chi connectivity index (χ0n) is 10.9. The quantitative estimate of drug-likeness (QED) is 0.714. The van der Waals surface area contributed by atoms with Gasteiger partial charge in [-0.25, -0.2) is 0 Å². The second kappa shape index (κ2) is 18.4. The first-order valence-electron chi connectivity index (χ1n) is 5.18. The molecule has 0 rings (SSSR count). The Hall–Kier alpha value is -0.410. The molecule has 0 aliphatic carbocycles. The maximum Gasteiger partial charge on any atom is 0.0589 e. The third-order valence-electron chi connectivity index (χ3n) is 1.08. The lowest BCUT2D eigenvalue weighted by atomic mass is 10.3. The first kappa shape index (κ1) is 19.2. The minimum atomic E-state index is 0.426. The zero-order valence-corrected chi connectivity index (χ0v) is 10.9. The van der Waals surface area contributed by atoms with E-state index >= 15 is 0 Å². The highest BCUT2D eigenvalue weighted by Crippen LogP contribution is 1.79. The minimum Gasteiger partial charge on any atom is -0.383 e. The van der Waals surface area contributed by atoms with E-state index in [1.807, 2.05) is 41.8 Å². The topological polar surface area (TPSA) is 36.3 Å². The molecule has 14 heavy (non-hydrogen) atoms. The van der Waals surface area contributed by atoms with E-state index in [9.17, 15) is 0 Å². The third-order valence-corrected chi connectivity index (χ3v) is 1.08. The predicted octanol–water partition coefficient (Wildman–Crippen LogP) is 2.51. The Morgan fingerprint density at radius 3 is 1.71 bits per heavy atom. The van der Waals surface area contributed by atoms with Crippen LogP contribution in [0.1, 0.15) is 27.7 Å². The van der Waals surface area contributed by atoms with E-state index < -0.39 is 0 Å². The van der Waals surface area contributed by atoms with Gasteiger partial charge in [0, 0.05) is 13.7 Å². The van der Waals surface area contributed by atoms with Crippen LogP contribution in [0.15, 0.2) is 0 Å². The van der Waals surface area contributed by atoms with E-state index in [2.05, 4.69) is 4.90 Å². The zero-order chi connectivity index (χ0) is 12.0. The minimum absolute atomic E-state index is 0.426. The number of hydrogen-bond donors (Lipinski definition) is 1. The van der Waals surface area contributed by atoms with Gasteiger partial charge in [-0.2, -0.15) is 0 Å². The molecule has 1 N–H and O–H groups in total. The molecule has 0 fully saturated rings. The van der Waals surface area contributed by atoms with Crippen LogP contribution in [0.2, 0.25) is 0 Å². The van der Waals surface area contributed by atoms with Crippen molar-refractivity contribution in [2.75, 3.05) is 34.4 Å². The summed E-state index contributed by atoms with van der Waals surface area (Å²) in [6.45, 7) is 9.80. The van der Waals surface area contributed by atoms with Gasteiger partial charge in [-0.1, -0.05) is 27.7 Å². The highest BCUT2D eigenvalue weighted by atomic mass is 16.5. The van der Waals surface area contributed by atoms with Gasteiger partial charge in [0.25, 0.3) is 0 Å². The van der Waals surface area contributed by atoms with Gasteiger partial charge in [-0.3, -0.25) is 0 Å². The molecule has 88 valence electrons. The number of rotatable bonds is 4. The molecule has 0 heterocycles. The summed E-state index contributed by atoms with van der Waals surface area (Å²) in [5, 5.41) is 6.53. The predicted molar refractivity (Wildman–Crippen MR) is 65.4 cm³/mol. The van der Waals surface area contributed by atoms with E-state index in [-0.39, 0.29) is 0 Å². The van der Waals surface area contributed by atoms with Gasteiger partial charge in [0.2, 0.25) is 0 Å². The molecule has 0 aromatic heterocycles. The first-order valence-corrected chi connectivity index (χ1v) is 5.18. The highest BCUT2D eigenvalue weighted by Gasteiger charge is 1.83. The molecule has 0 aliphatic heterocycles. The number of nitrogens with one attached hydrogen (secondary N) is 1. The summed E-state index contributed by atoms with van der Waals surface area (Å²) in [5.74, 6) is 0.426. The lowest BCUT2D eigenvalue weighted by Crippen LogP contribution is -2.16. The fourth-order valence-corrected chi connectivity index (χ4v) is 0.274. The van der Waals surface area contributed by atoms with Gasteiger partial charge in [0.15, 0.2) is 0 Å². The average Bonchev–Trinajstić information content (AvgIpc) is 2.18. The number of hydrogen-bond acceptors (Lipinski definition) is 3. The Kier molecular flexibility index (Phi) is 25.2. The Morgan fingerprint density at radius 1 is 1.29 bits per heavy atom. The van der Waals surface area contributed by atoms with Crippen LogP contribution < -0.4 is 0 Å². The fourth-order valence-electron chi connectivity index (χ4n) is 0.274. The standard InChI is InChI=1S/C5H13NO.C4H9N.C2H6/c1-6(2)4-5-7-3;1-4(2)3-5;1-2/h4-5H2,1-3H3;3-5H,1-2H3;1-2H3. The van der Waals surface area contributed by atoms with Crippen LogP contribution in [0, 0.1) is 11.3 Å². The van der Waals surface area contributed by atoms with E-state index in [1.54, 1.807) is 7.11 Å². The third kappa shape index (κ3) is 41.6. The van der Waals surface area contributed by atoms with Crippen LogP contribution in [0.4, 0.5) is 0 Å². The van der Waals surface area contributed by atoms with Crippen molar-refractivity contribution in [3.63, 3.8) is 0 Å². The lowest BCUT2D eigenvalue weighted by Gasteiger charge is -2.06. The highest BCUT2D eigenvalue weighted by molar-refractivity contribution is 5.55. The van der Waals surface area contributed by atoms with Crippen molar-refractivity contribution in [3.8, 4) is 0 Å². The average molecular weight is 204 g/mol. The second-order valence-corrected chi connectivity index (χ2v) is 3.21. The number of likely N-dealkylation sites (N-methyl/N-ethyl adjacent to an activating group) is 1. The number of ether oxygens (including phenoxy) is 1. The van der Waals surface area contributed by atoms with Gasteiger partial charge in [0.05, 0.1) is 6.61 Å². The van der Waals surface area contributed by atoms with E-state index in [0.29, 0.717) is 5.92 Å². The van der Waals surface area contributed by atoms with Crippen molar-refractivity contribution < 1.29 is 4.74 Å². The molecule has 0 atom stereocenters. The molecule has 3 heteroatoms. The molecular formula is C11H28N2O. The van der Waals surface area contributed by atoms with E-state index in [0.717, 1.165) is 13.2 Å². The Labute approximate surface area is 90.0 Å². The van der Waals surface area contributed by atoms with E-state index in [1.165, 1.54) is 6.21 Å². The van der Waals surface area contributed by atoms with Crippen molar-refractivity contribution in [1.29, 1.82) is 5.41 Å². The molecule has 0 aromatic rings. The molecule has 0 spiro atoms. The molecule has 0 saturated carbocycles. The molecule has 0 aliphatic rings. The first-order chi connectivity index (χ1) is 6.54. The molecule has 3 nitrogen and oxygen atoms in total. The molecule has 0 bridgehead atoms. The van der Waals surface area contributed by atoms with Crippen molar-refractivity contribution in [1.82, 2.24) is 4.90 Å². The lowest BCUT2D eigenvalue weighted by molar-refractivity contribution is 0.172.